The molecule has 1 heterocycles. The van der Waals surface area contributed by atoms with Gasteiger partial charge in [-0.2, -0.15) is 18.3 Å². The highest BCUT2D eigenvalue weighted by Crippen LogP contribution is 2.51. The van der Waals surface area contributed by atoms with Crippen molar-refractivity contribution in [2.75, 3.05) is 32.0 Å². The Kier molecular flexibility index (Phi) is 10.1. The van der Waals surface area contributed by atoms with E-state index in [2.05, 4.69) is 21.0 Å². The number of anilines is 1. The smallest absolute Gasteiger partial charge is 0.339 e. The first-order valence-corrected chi connectivity index (χ1v) is 14.8. The van der Waals surface area contributed by atoms with Gasteiger partial charge >= 0.3 is 6.18 Å². The lowest BCUT2D eigenvalue weighted by molar-refractivity contribution is -0.161. The summed E-state index contributed by atoms with van der Waals surface area (Å²) in [7, 11) is 1.57. The zero-order valence-corrected chi connectivity index (χ0v) is 24.9. The van der Waals surface area contributed by atoms with E-state index in [9.17, 15) is 27.6 Å². The topological polar surface area (TPSA) is 108 Å². The van der Waals surface area contributed by atoms with Crippen molar-refractivity contribution < 1.29 is 31.9 Å². The highest BCUT2D eigenvalue weighted by atomic mass is 19.4. The van der Waals surface area contributed by atoms with Crippen LogP contribution in [-0.2, 0) is 9.59 Å². The van der Waals surface area contributed by atoms with Crippen LogP contribution in [-0.4, -0.2) is 71.3 Å². The van der Waals surface area contributed by atoms with Crippen LogP contribution in [0.2, 0.25) is 0 Å². The van der Waals surface area contributed by atoms with Crippen molar-refractivity contribution >= 4 is 23.4 Å². The van der Waals surface area contributed by atoms with Crippen LogP contribution in [0.1, 0.15) is 74.5 Å². The summed E-state index contributed by atoms with van der Waals surface area (Å²) in [4.78, 5) is 40.6. The quantitative estimate of drug-likeness (QED) is 0.274. The van der Waals surface area contributed by atoms with Gasteiger partial charge in [0.2, 0.25) is 11.8 Å². The molecule has 0 spiro atoms. The number of amides is 3. The average molecular weight is 609 g/mol. The Hall–Kier alpha value is -3.48. The van der Waals surface area contributed by atoms with Crippen LogP contribution < -0.4 is 16.0 Å². The molecule has 1 aromatic carbocycles. The number of carbonyl (C=O) groups excluding carboxylic acids is 3. The molecule has 2 fully saturated rings. The molecule has 1 unspecified atom stereocenters. The van der Waals surface area contributed by atoms with Gasteiger partial charge in [0.25, 0.3) is 5.91 Å². The monoisotopic (exact) mass is 608 g/mol. The number of nitrogens with one attached hydrogen (secondary N) is 3. The molecule has 43 heavy (non-hydrogen) atoms. The fourth-order valence-corrected chi connectivity index (χ4v) is 5.61. The third kappa shape index (κ3) is 8.33. The van der Waals surface area contributed by atoms with Crippen molar-refractivity contribution in [2.24, 2.45) is 17.8 Å². The second-order valence-corrected chi connectivity index (χ2v) is 11.9. The first-order chi connectivity index (χ1) is 20.3. The summed E-state index contributed by atoms with van der Waals surface area (Å²) in [5.74, 6) is -3.17. The summed E-state index contributed by atoms with van der Waals surface area (Å²) in [6.07, 6.45) is 0.772. The molecule has 13 heteroatoms. The third-order valence-corrected chi connectivity index (χ3v) is 8.11. The van der Waals surface area contributed by atoms with Gasteiger partial charge in [0.05, 0.1) is 11.6 Å². The number of benzene rings is 1. The molecule has 0 aliphatic heterocycles. The van der Waals surface area contributed by atoms with E-state index in [1.54, 1.807) is 17.8 Å². The molecule has 3 amide bonds. The number of carbonyl (C=O) groups is 3. The standard InChI is InChI=1S/C30H40F4N6O3/c1-17(2)40-24(11-12-36-40)27(41)38-26(25(19-5-6-19)20-7-8-20)28(42)37-23-10-9-21(15-22(23)31)18(3)29(43)39(14-13-35-4)16-30(32,33)34/h9-12,15,17-20,25-26,35H,5-8,13-14,16H2,1-4H3,(H,37,42)(H,38,41)/t18-,26?/m0/s1. The molecular formula is C30H40F4N6O3. The molecule has 4 rings (SSSR count). The molecule has 2 saturated carbocycles. The van der Waals surface area contributed by atoms with Crippen molar-refractivity contribution in [3.63, 3.8) is 0 Å². The predicted molar refractivity (Wildman–Crippen MR) is 153 cm³/mol. The largest absolute Gasteiger partial charge is 0.406 e. The van der Waals surface area contributed by atoms with Gasteiger partial charge in [0, 0.05) is 25.3 Å². The molecule has 2 aromatic rings. The molecule has 236 valence electrons. The van der Waals surface area contributed by atoms with Gasteiger partial charge in [-0.05, 0) is 95.0 Å². The Morgan fingerprint density at radius 2 is 1.72 bits per heavy atom. The summed E-state index contributed by atoms with van der Waals surface area (Å²) in [6.45, 7) is 3.78. The Labute approximate surface area is 248 Å². The maximum atomic E-state index is 15.3. The van der Waals surface area contributed by atoms with Crippen LogP contribution in [0.3, 0.4) is 0 Å². The summed E-state index contributed by atoms with van der Waals surface area (Å²) >= 11 is 0. The van der Waals surface area contributed by atoms with Gasteiger partial charge in [0.15, 0.2) is 0 Å². The summed E-state index contributed by atoms with van der Waals surface area (Å²) in [6, 6.07) is 4.38. The first kappa shape index (κ1) is 32.4. The van der Waals surface area contributed by atoms with Crippen LogP contribution >= 0.6 is 0 Å². The number of hydrogen-bond acceptors (Lipinski definition) is 5. The summed E-state index contributed by atoms with van der Waals surface area (Å²) in [5, 5.41) is 12.5. The van der Waals surface area contributed by atoms with Crippen LogP contribution in [0, 0.1) is 23.6 Å². The molecule has 3 N–H and O–H groups in total. The lowest BCUT2D eigenvalue weighted by Gasteiger charge is -2.28. The second-order valence-electron chi connectivity index (χ2n) is 11.9. The van der Waals surface area contributed by atoms with Crippen LogP contribution in [0.4, 0.5) is 23.2 Å². The van der Waals surface area contributed by atoms with Crippen molar-refractivity contribution in [1.82, 2.24) is 25.3 Å². The van der Waals surface area contributed by atoms with Gasteiger partial charge in [-0.25, -0.2) is 4.39 Å². The first-order valence-electron chi connectivity index (χ1n) is 14.8. The van der Waals surface area contributed by atoms with Crippen molar-refractivity contribution in [2.45, 2.75) is 70.6 Å². The lowest BCUT2D eigenvalue weighted by Crippen LogP contribution is -2.50. The van der Waals surface area contributed by atoms with E-state index in [1.165, 1.54) is 25.3 Å². The summed E-state index contributed by atoms with van der Waals surface area (Å²) in [5.41, 5.74) is 0.354. The highest BCUT2D eigenvalue weighted by Gasteiger charge is 2.48. The highest BCUT2D eigenvalue weighted by molar-refractivity contribution is 6.01. The molecule has 2 atom stereocenters. The van der Waals surface area contributed by atoms with E-state index in [1.807, 2.05) is 13.8 Å². The number of likely N-dealkylation sites (N-methyl/N-ethyl adjacent to an activating group) is 1. The van der Waals surface area contributed by atoms with E-state index in [-0.39, 0.29) is 36.3 Å². The molecule has 0 radical (unpaired) electrons. The maximum absolute atomic E-state index is 15.3. The van der Waals surface area contributed by atoms with Gasteiger partial charge < -0.3 is 20.9 Å². The Balaban J connectivity index is 1.51. The molecule has 2 aliphatic carbocycles. The van der Waals surface area contributed by atoms with E-state index < -0.39 is 48.2 Å². The summed E-state index contributed by atoms with van der Waals surface area (Å²) < 4.78 is 56.2. The molecular weight excluding hydrogens is 568 g/mol. The second kappa shape index (κ2) is 13.4. The number of hydrogen-bond donors (Lipinski definition) is 3. The average Bonchev–Trinajstić information content (AvgIpc) is 3.89. The number of rotatable bonds is 14. The Bertz CT molecular complexity index is 1290. The molecule has 9 nitrogen and oxygen atoms in total. The van der Waals surface area contributed by atoms with Crippen molar-refractivity contribution in [1.29, 1.82) is 0 Å². The molecule has 2 aliphatic rings. The van der Waals surface area contributed by atoms with E-state index in [0.29, 0.717) is 22.4 Å². The third-order valence-electron chi connectivity index (χ3n) is 8.11. The minimum atomic E-state index is -4.58. The molecule has 0 bridgehead atoms. The van der Waals surface area contributed by atoms with Crippen LogP contribution in [0.25, 0.3) is 0 Å². The van der Waals surface area contributed by atoms with Crippen molar-refractivity contribution in [3.8, 4) is 0 Å². The van der Waals surface area contributed by atoms with Crippen molar-refractivity contribution in [3.05, 3.63) is 47.5 Å². The minimum absolute atomic E-state index is 0.0728. The van der Waals surface area contributed by atoms with Crippen LogP contribution in [0.5, 0.6) is 0 Å². The van der Waals surface area contributed by atoms with Gasteiger partial charge in [-0.1, -0.05) is 6.07 Å². The van der Waals surface area contributed by atoms with Crippen LogP contribution in [0.15, 0.2) is 30.5 Å². The van der Waals surface area contributed by atoms with Gasteiger partial charge in [0.1, 0.15) is 24.1 Å². The number of aromatic nitrogens is 2. The maximum Gasteiger partial charge on any atom is 0.406 e. The van der Waals surface area contributed by atoms with E-state index >= 15 is 4.39 Å². The number of halogens is 4. The Morgan fingerprint density at radius 1 is 1.07 bits per heavy atom. The number of nitrogens with zero attached hydrogens (tertiary/aromatic N) is 3. The fraction of sp³-hybridized carbons (Fsp3) is 0.600. The van der Waals surface area contributed by atoms with E-state index in [0.717, 1.165) is 31.7 Å². The molecule has 1 aromatic heterocycles. The fourth-order valence-electron chi connectivity index (χ4n) is 5.61. The van der Waals surface area contributed by atoms with E-state index in [4.69, 9.17) is 0 Å². The van der Waals surface area contributed by atoms with Gasteiger partial charge in [-0.15, -0.1) is 0 Å². The minimum Gasteiger partial charge on any atom is -0.339 e. The SMILES string of the molecule is CNCCN(CC(F)(F)F)C(=O)[C@@H](C)c1ccc(NC(=O)C(NC(=O)c2ccnn2C(C)C)C(C2CC2)C2CC2)c(F)c1. The van der Waals surface area contributed by atoms with Gasteiger partial charge in [-0.3, -0.25) is 19.1 Å². The zero-order chi connectivity index (χ0) is 31.5. The lowest BCUT2D eigenvalue weighted by atomic mass is 9.88. The molecule has 0 saturated heterocycles. The normalized spacial score (nSPS) is 16.7. The zero-order valence-electron chi connectivity index (χ0n) is 24.9. The Morgan fingerprint density at radius 3 is 2.26 bits per heavy atom. The predicted octanol–water partition coefficient (Wildman–Crippen LogP) is 4.49. The number of alkyl halides is 3.